The van der Waals surface area contributed by atoms with Crippen LogP contribution in [0.15, 0.2) is 0 Å². The van der Waals surface area contributed by atoms with Crippen molar-refractivity contribution < 1.29 is 4.74 Å². The molecule has 1 aliphatic rings. The summed E-state index contributed by atoms with van der Waals surface area (Å²) in [5.41, 5.74) is 2.31. The smallest absolute Gasteiger partial charge is 0.160 e. The maximum Gasteiger partial charge on any atom is 0.160 e. The molecule has 1 aromatic heterocycles. The number of ether oxygens (including phenoxy) is 1. The normalized spacial score (nSPS) is 16.2. The summed E-state index contributed by atoms with van der Waals surface area (Å²) in [7, 11) is 0. The van der Waals surface area contributed by atoms with Gasteiger partial charge in [0, 0.05) is 24.4 Å². The van der Waals surface area contributed by atoms with Crippen LogP contribution in [0.2, 0.25) is 0 Å². The third kappa shape index (κ3) is 3.48. The fourth-order valence-electron chi connectivity index (χ4n) is 2.47. The van der Waals surface area contributed by atoms with Gasteiger partial charge in [0.1, 0.15) is 11.9 Å². The largest absolute Gasteiger partial charge is 0.370 e. The molecule has 1 unspecified atom stereocenters. The number of hydrogen-bond acceptors (Lipinski definition) is 4. The zero-order chi connectivity index (χ0) is 14.5. The quantitative estimate of drug-likeness (QED) is 0.788. The van der Waals surface area contributed by atoms with Crippen LogP contribution in [0.25, 0.3) is 0 Å². The molecule has 2 rings (SSSR count). The number of nitrogens with one attached hydrogen (secondary N) is 1. The monoisotopic (exact) mass is 277 g/mol. The lowest BCUT2D eigenvalue weighted by Gasteiger charge is -2.19. The van der Waals surface area contributed by atoms with E-state index in [2.05, 4.69) is 26.1 Å². The average molecular weight is 277 g/mol. The fraction of sp³-hybridized carbons (Fsp3) is 0.750. The Labute approximate surface area is 122 Å². The molecule has 1 aliphatic carbocycles. The van der Waals surface area contributed by atoms with Crippen molar-refractivity contribution in [3.63, 3.8) is 0 Å². The summed E-state index contributed by atoms with van der Waals surface area (Å²) >= 11 is 0. The Balaban J connectivity index is 2.30. The van der Waals surface area contributed by atoms with E-state index in [0.717, 1.165) is 43.3 Å². The van der Waals surface area contributed by atoms with Crippen molar-refractivity contribution in [1.82, 2.24) is 9.97 Å². The molecule has 1 heterocycles. The van der Waals surface area contributed by atoms with Gasteiger partial charge in [-0.05, 0) is 45.4 Å². The van der Waals surface area contributed by atoms with E-state index in [1.54, 1.807) is 0 Å². The molecule has 1 aromatic rings. The highest BCUT2D eigenvalue weighted by molar-refractivity contribution is 5.46. The third-order valence-corrected chi connectivity index (χ3v) is 3.79. The standard InChI is InChI=1S/C16H27N3O/c1-5-10-17-15-11(4)13(6-2)18-16(19-15)14(20-7-3)12-8-9-12/h12,14H,5-10H2,1-4H3,(H,17,18,19). The first-order chi connectivity index (χ1) is 9.71. The summed E-state index contributed by atoms with van der Waals surface area (Å²) in [6.45, 7) is 10.1. The second-order valence-electron chi connectivity index (χ2n) is 5.50. The van der Waals surface area contributed by atoms with Gasteiger partial charge in [-0.2, -0.15) is 0 Å². The number of anilines is 1. The molecule has 0 spiro atoms. The summed E-state index contributed by atoms with van der Waals surface area (Å²) in [6.07, 6.45) is 4.58. The van der Waals surface area contributed by atoms with Gasteiger partial charge in [-0.3, -0.25) is 0 Å². The average Bonchev–Trinajstić information content (AvgIpc) is 3.28. The number of hydrogen-bond donors (Lipinski definition) is 1. The first-order valence-electron chi connectivity index (χ1n) is 7.94. The van der Waals surface area contributed by atoms with E-state index >= 15 is 0 Å². The first-order valence-corrected chi connectivity index (χ1v) is 7.94. The lowest BCUT2D eigenvalue weighted by atomic mass is 10.1. The molecule has 0 aliphatic heterocycles. The van der Waals surface area contributed by atoms with Crippen molar-refractivity contribution in [2.45, 2.75) is 59.5 Å². The summed E-state index contributed by atoms with van der Waals surface area (Å²) in [5.74, 6) is 2.47. The van der Waals surface area contributed by atoms with Crippen LogP contribution in [0.3, 0.4) is 0 Å². The van der Waals surface area contributed by atoms with Crippen LogP contribution in [0, 0.1) is 12.8 Å². The zero-order valence-corrected chi connectivity index (χ0v) is 13.2. The van der Waals surface area contributed by atoms with Crippen molar-refractivity contribution in [3.05, 3.63) is 17.1 Å². The van der Waals surface area contributed by atoms with Gasteiger partial charge >= 0.3 is 0 Å². The predicted molar refractivity (Wildman–Crippen MR) is 82.0 cm³/mol. The Kier molecular flexibility index (Phi) is 5.35. The topological polar surface area (TPSA) is 47.0 Å². The van der Waals surface area contributed by atoms with E-state index in [1.165, 1.54) is 18.4 Å². The van der Waals surface area contributed by atoms with E-state index in [4.69, 9.17) is 14.7 Å². The second-order valence-corrected chi connectivity index (χ2v) is 5.50. The van der Waals surface area contributed by atoms with E-state index in [0.29, 0.717) is 5.92 Å². The lowest BCUT2D eigenvalue weighted by Crippen LogP contribution is -2.16. The van der Waals surface area contributed by atoms with Gasteiger partial charge in [-0.15, -0.1) is 0 Å². The Morgan fingerprint density at radius 3 is 2.55 bits per heavy atom. The number of aromatic nitrogens is 2. The van der Waals surface area contributed by atoms with Crippen LogP contribution in [0.4, 0.5) is 5.82 Å². The highest BCUT2D eigenvalue weighted by Crippen LogP contribution is 2.42. The lowest BCUT2D eigenvalue weighted by molar-refractivity contribution is 0.0399. The highest BCUT2D eigenvalue weighted by Gasteiger charge is 2.35. The van der Waals surface area contributed by atoms with Crippen molar-refractivity contribution in [1.29, 1.82) is 0 Å². The van der Waals surface area contributed by atoms with Crippen LogP contribution >= 0.6 is 0 Å². The van der Waals surface area contributed by atoms with Gasteiger partial charge in [0.05, 0.1) is 0 Å². The molecule has 0 amide bonds. The molecule has 0 radical (unpaired) electrons. The molecule has 0 aromatic carbocycles. The maximum absolute atomic E-state index is 5.90. The predicted octanol–water partition coefficient (Wildman–Crippen LogP) is 3.66. The molecular formula is C16H27N3O. The summed E-state index contributed by atoms with van der Waals surface area (Å²) in [4.78, 5) is 9.51. The van der Waals surface area contributed by atoms with E-state index in [1.807, 2.05) is 6.92 Å². The number of nitrogens with zero attached hydrogens (tertiary/aromatic N) is 2. The van der Waals surface area contributed by atoms with Gasteiger partial charge in [-0.1, -0.05) is 13.8 Å². The van der Waals surface area contributed by atoms with E-state index in [9.17, 15) is 0 Å². The van der Waals surface area contributed by atoms with Gasteiger partial charge in [0.25, 0.3) is 0 Å². The third-order valence-electron chi connectivity index (χ3n) is 3.79. The Morgan fingerprint density at radius 2 is 2.00 bits per heavy atom. The molecule has 1 fully saturated rings. The van der Waals surface area contributed by atoms with Crippen molar-refractivity contribution >= 4 is 5.82 Å². The fourth-order valence-corrected chi connectivity index (χ4v) is 2.47. The van der Waals surface area contributed by atoms with Crippen molar-refractivity contribution in [2.24, 2.45) is 5.92 Å². The molecule has 112 valence electrons. The highest BCUT2D eigenvalue weighted by atomic mass is 16.5. The summed E-state index contributed by atoms with van der Waals surface area (Å²) in [6, 6.07) is 0. The molecular weight excluding hydrogens is 250 g/mol. The second kappa shape index (κ2) is 7.02. The minimum Gasteiger partial charge on any atom is -0.370 e. The minimum atomic E-state index is 0.0769. The first kappa shape index (κ1) is 15.2. The molecule has 4 heteroatoms. The van der Waals surface area contributed by atoms with Crippen LogP contribution in [0.1, 0.15) is 63.2 Å². The molecule has 20 heavy (non-hydrogen) atoms. The number of rotatable bonds is 8. The van der Waals surface area contributed by atoms with Gasteiger partial charge in [-0.25, -0.2) is 9.97 Å². The van der Waals surface area contributed by atoms with E-state index < -0.39 is 0 Å². The molecule has 0 saturated heterocycles. The Bertz CT molecular complexity index is 444. The Hall–Kier alpha value is -1.16. The molecule has 1 N–H and O–H groups in total. The number of aryl methyl sites for hydroxylation is 1. The van der Waals surface area contributed by atoms with Gasteiger partial charge < -0.3 is 10.1 Å². The summed E-state index contributed by atoms with van der Waals surface area (Å²) in [5, 5.41) is 3.43. The molecule has 1 atom stereocenters. The van der Waals surface area contributed by atoms with Crippen LogP contribution in [0.5, 0.6) is 0 Å². The summed E-state index contributed by atoms with van der Waals surface area (Å²) < 4.78 is 5.90. The Morgan fingerprint density at radius 1 is 1.25 bits per heavy atom. The molecule has 0 bridgehead atoms. The zero-order valence-electron chi connectivity index (χ0n) is 13.2. The van der Waals surface area contributed by atoms with Crippen molar-refractivity contribution in [3.8, 4) is 0 Å². The molecule has 1 saturated carbocycles. The molecule has 4 nitrogen and oxygen atoms in total. The van der Waals surface area contributed by atoms with Crippen molar-refractivity contribution in [2.75, 3.05) is 18.5 Å². The van der Waals surface area contributed by atoms with E-state index in [-0.39, 0.29) is 6.10 Å². The SMILES string of the molecule is CCCNc1nc(C(OCC)C2CC2)nc(CC)c1C. The van der Waals surface area contributed by atoms with Gasteiger partial charge in [0.2, 0.25) is 0 Å². The van der Waals surface area contributed by atoms with Gasteiger partial charge in [0.15, 0.2) is 5.82 Å². The van der Waals surface area contributed by atoms with Crippen LogP contribution in [-0.2, 0) is 11.2 Å². The maximum atomic E-state index is 5.90. The van der Waals surface area contributed by atoms with Crippen LogP contribution < -0.4 is 5.32 Å². The van der Waals surface area contributed by atoms with Crippen LogP contribution in [-0.4, -0.2) is 23.1 Å². The minimum absolute atomic E-state index is 0.0769.